The zero-order valence-corrected chi connectivity index (χ0v) is 16.1. The fourth-order valence-corrected chi connectivity index (χ4v) is 2.34. The number of benzene rings is 2. The van der Waals surface area contributed by atoms with E-state index in [1.54, 1.807) is 0 Å². The van der Waals surface area contributed by atoms with Gasteiger partial charge in [0.15, 0.2) is 0 Å². The van der Waals surface area contributed by atoms with Gasteiger partial charge in [0.2, 0.25) is 5.91 Å². The molecule has 0 aliphatic rings. The first kappa shape index (κ1) is 23.6. The molecular weight excluding hydrogens is 387 g/mol. The Balaban J connectivity index is 0.00000392. The summed E-state index contributed by atoms with van der Waals surface area (Å²) in [5.74, 6) is -1.57. The van der Waals surface area contributed by atoms with Crippen molar-refractivity contribution in [1.29, 1.82) is 0 Å². The van der Waals surface area contributed by atoms with E-state index in [-0.39, 0.29) is 37.0 Å². The molecule has 6 nitrogen and oxygen atoms in total. The highest BCUT2D eigenvalue weighted by molar-refractivity contribution is 5.89. The molecule has 0 aliphatic carbocycles. The third-order valence-electron chi connectivity index (χ3n) is 3.71. The maximum Gasteiger partial charge on any atom is 0.341 e. The molecule has 3 N–H and O–H groups in total. The molecule has 1 amide bonds. The van der Waals surface area contributed by atoms with Gasteiger partial charge in [-0.15, -0.1) is 12.4 Å². The molecule has 8 heteroatoms. The molecule has 0 spiro atoms. The molecular formula is C20H24ClFN2O4. The molecule has 2 aromatic rings. The van der Waals surface area contributed by atoms with Gasteiger partial charge < -0.3 is 20.5 Å². The largest absolute Gasteiger partial charge is 0.459 e. The van der Waals surface area contributed by atoms with E-state index in [0.29, 0.717) is 19.5 Å². The van der Waals surface area contributed by atoms with Crippen LogP contribution in [0.2, 0.25) is 0 Å². The number of halogens is 2. The molecule has 1 unspecified atom stereocenters. The number of aliphatic hydroxyl groups is 1. The second kappa shape index (κ2) is 12.8. The van der Waals surface area contributed by atoms with Crippen molar-refractivity contribution in [3.8, 4) is 0 Å². The second-order valence-corrected chi connectivity index (χ2v) is 5.95. The Morgan fingerprint density at radius 3 is 2.43 bits per heavy atom. The third kappa shape index (κ3) is 8.47. The number of nitrogens with one attached hydrogen (secondary N) is 2. The Kier molecular flexibility index (Phi) is 10.8. The normalized spacial score (nSPS) is 11.2. The number of carbonyl (C=O) groups excluding carboxylic acids is 2. The summed E-state index contributed by atoms with van der Waals surface area (Å²) in [6, 6.07) is 14.9. The van der Waals surface area contributed by atoms with E-state index in [2.05, 4.69) is 10.6 Å². The highest BCUT2D eigenvalue weighted by Crippen LogP contribution is 2.08. The van der Waals surface area contributed by atoms with Crippen LogP contribution in [0.4, 0.5) is 4.39 Å². The summed E-state index contributed by atoms with van der Waals surface area (Å²) < 4.78 is 18.3. The first-order chi connectivity index (χ1) is 13.1. The summed E-state index contributed by atoms with van der Waals surface area (Å²) in [6.07, 6.45) is -0.615. The van der Waals surface area contributed by atoms with Crippen LogP contribution in [-0.4, -0.2) is 49.3 Å². The zero-order valence-electron chi connectivity index (χ0n) is 15.3. The van der Waals surface area contributed by atoms with Gasteiger partial charge in [-0.05, 0) is 17.7 Å². The highest BCUT2D eigenvalue weighted by atomic mass is 35.5. The monoisotopic (exact) mass is 410 g/mol. The topological polar surface area (TPSA) is 87.7 Å². The number of amides is 1. The van der Waals surface area contributed by atoms with Crippen LogP contribution in [0.5, 0.6) is 0 Å². The number of carbonyl (C=O) groups is 2. The lowest BCUT2D eigenvalue weighted by atomic mass is 10.1. The SMILES string of the molecule is Cl.O=C(Cc1ccccc1)NCCNCC(O)COC(=O)c1ccccc1F. The Labute approximate surface area is 169 Å². The van der Waals surface area contributed by atoms with E-state index in [1.807, 2.05) is 30.3 Å². The minimum absolute atomic E-state index is 0. The summed E-state index contributed by atoms with van der Waals surface area (Å²) in [6.45, 7) is 0.798. The van der Waals surface area contributed by atoms with Gasteiger partial charge >= 0.3 is 5.97 Å². The standard InChI is InChI=1S/C20H23FN2O4.ClH/c21-18-9-5-4-8-17(18)20(26)27-14-16(24)13-22-10-11-23-19(25)12-15-6-2-1-3-7-15;/h1-9,16,22,24H,10-14H2,(H,23,25);1H. The number of hydrogen-bond donors (Lipinski definition) is 3. The van der Waals surface area contributed by atoms with Crippen molar-refractivity contribution in [2.75, 3.05) is 26.2 Å². The second-order valence-electron chi connectivity index (χ2n) is 5.95. The first-order valence-electron chi connectivity index (χ1n) is 8.67. The van der Waals surface area contributed by atoms with Crippen LogP contribution in [0, 0.1) is 5.82 Å². The predicted molar refractivity (Wildman–Crippen MR) is 106 cm³/mol. The van der Waals surface area contributed by atoms with Crippen molar-refractivity contribution in [3.63, 3.8) is 0 Å². The Morgan fingerprint density at radius 1 is 1.04 bits per heavy atom. The molecule has 2 aromatic carbocycles. The number of esters is 1. The van der Waals surface area contributed by atoms with Crippen molar-refractivity contribution in [3.05, 3.63) is 71.5 Å². The van der Waals surface area contributed by atoms with Gasteiger partial charge in [0.25, 0.3) is 0 Å². The Bertz CT molecular complexity index is 746. The number of ether oxygens (including phenoxy) is 1. The Morgan fingerprint density at radius 2 is 1.71 bits per heavy atom. The highest BCUT2D eigenvalue weighted by Gasteiger charge is 2.14. The lowest BCUT2D eigenvalue weighted by molar-refractivity contribution is -0.120. The average Bonchev–Trinajstić information content (AvgIpc) is 2.67. The van der Waals surface area contributed by atoms with Crippen LogP contribution in [0.25, 0.3) is 0 Å². The van der Waals surface area contributed by atoms with Gasteiger partial charge in [-0.2, -0.15) is 0 Å². The van der Waals surface area contributed by atoms with Crippen LogP contribution in [0.1, 0.15) is 15.9 Å². The van der Waals surface area contributed by atoms with E-state index in [1.165, 1.54) is 24.3 Å². The van der Waals surface area contributed by atoms with Gasteiger partial charge in [-0.25, -0.2) is 9.18 Å². The van der Waals surface area contributed by atoms with E-state index >= 15 is 0 Å². The van der Waals surface area contributed by atoms with Crippen LogP contribution < -0.4 is 10.6 Å². The van der Waals surface area contributed by atoms with Crippen molar-refractivity contribution >= 4 is 24.3 Å². The molecule has 28 heavy (non-hydrogen) atoms. The molecule has 1 atom stereocenters. The molecule has 0 saturated heterocycles. The van der Waals surface area contributed by atoms with Crippen molar-refractivity contribution in [2.24, 2.45) is 0 Å². The van der Waals surface area contributed by atoms with Crippen LogP contribution in [0.3, 0.4) is 0 Å². The predicted octanol–water partition coefficient (Wildman–Crippen LogP) is 1.71. The minimum atomic E-state index is -0.930. The van der Waals surface area contributed by atoms with E-state index in [9.17, 15) is 19.1 Å². The fourth-order valence-electron chi connectivity index (χ4n) is 2.34. The van der Waals surface area contributed by atoms with Crippen LogP contribution in [-0.2, 0) is 16.0 Å². The number of aliphatic hydroxyl groups excluding tert-OH is 1. The third-order valence-corrected chi connectivity index (χ3v) is 3.71. The molecule has 0 heterocycles. The smallest absolute Gasteiger partial charge is 0.341 e. The number of rotatable bonds is 10. The number of hydrogen-bond acceptors (Lipinski definition) is 5. The summed E-state index contributed by atoms with van der Waals surface area (Å²) in [5, 5.41) is 15.5. The van der Waals surface area contributed by atoms with Gasteiger partial charge in [0, 0.05) is 19.6 Å². The summed E-state index contributed by atoms with van der Waals surface area (Å²) in [4.78, 5) is 23.5. The van der Waals surface area contributed by atoms with Gasteiger partial charge in [-0.1, -0.05) is 42.5 Å². The lowest BCUT2D eigenvalue weighted by Gasteiger charge is -2.13. The molecule has 2 rings (SSSR count). The van der Waals surface area contributed by atoms with Gasteiger partial charge in [0.05, 0.1) is 12.0 Å². The maximum atomic E-state index is 13.4. The van der Waals surface area contributed by atoms with Crippen molar-refractivity contribution in [2.45, 2.75) is 12.5 Å². The summed E-state index contributed by atoms with van der Waals surface area (Å²) in [5.41, 5.74) is 0.772. The van der Waals surface area contributed by atoms with Crippen molar-refractivity contribution < 1.29 is 23.8 Å². The molecule has 0 bridgehead atoms. The van der Waals surface area contributed by atoms with E-state index in [0.717, 1.165) is 5.56 Å². The molecule has 0 fully saturated rings. The van der Waals surface area contributed by atoms with Crippen LogP contribution >= 0.6 is 12.4 Å². The maximum absolute atomic E-state index is 13.4. The molecule has 152 valence electrons. The molecule has 0 saturated carbocycles. The minimum Gasteiger partial charge on any atom is -0.459 e. The van der Waals surface area contributed by atoms with Crippen molar-refractivity contribution in [1.82, 2.24) is 10.6 Å². The summed E-state index contributed by atoms with van der Waals surface area (Å²) >= 11 is 0. The first-order valence-corrected chi connectivity index (χ1v) is 8.67. The quantitative estimate of drug-likeness (QED) is 0.410. The lowest BCUT2D eigenvalue weighted by Crippen LogP contribution is -2.37. The molecule has 0 aromatic heterocycles. The Hall–Kier alpha value is -2.48. The summed E-state index contributed by atoms with van der Waals surface area (Å²) in [7, 11) is 0. The fraction of sp³-hybridized carbons (Fsp3) is 0.300. The van der Waals surface area contributed by atoms with Gasteiger partial charge in [0.1, 0.15) is 18.5 Å². The van der Waals surface area contributed by atoms with Gasteiger partial charge in [-0.3, -0.25) is 4.79 Å². The molecule has 0 radical (unpaired) electrons. The van der Waals surface area contributed by atoms with Crippen LogP contribution in [0.15, 0.2) is 54.6 Å². The molecule has 0 aliphatic heterocycles. The van der Waals surface area contributed by atoms with E-state index < -0.39 is 17.9 Å². The van der Waals surface area contributed by atoms with E-state index in [4.69, 9.17) is 4.74 Å². The zero-order chi connectivity index (χ0) is 19.5. The average molecular weight is 411 g/mol.